The molecule has 2 N–H and O–H groups in total. The molecule has 0 fully saturated rings. The molecule has 0 atom stereocenters. The van der Waals surface area contributed by atoms with E-state index in [1.807, 2.05) is 48.0 Å². The summed E-state index contributed by atoms with van der Waals surface area (Å²) in [6.07, 6.45) is 3.60. The molecule has 1 heterocycles. The molecule has 6 heteroatoms. The zero-order valence-corrected chi connectivity index (χ0v) is 14.4. The van der Waals surface area contributed by atoms with Crippen molar-refractivity contribution >= 4 is 17.9 Å². The summed E-state index contributed by atoms with van der Waals surface area (Å²) in [7, 11) is 1.63. The van der Waals surface area contributed by atoms with Gasteiger partial charge in [0.15, 0.2) is 0 Å². The highest BCUT2D eigenvalue weighted by atomic mass is 16.5. The van der Waals surface area contributed by atoms with Crippen LogP contribution in [0, 0.1) is 6.92 Å². The highest BCUT2D eigenvalue weighted by molar-refractivity contribution is 5.92. The van der Waals surface area contributed by atoms with E-state index >= 15 is 0 Å². The fourth-order valence-electron chi connectivity index (χ4n) is 2.62. The standard InChI is InChI=1S/C20H18N2O4/c1-13-9-14(12-22(13)16-4-6-17(26-2)7-5-16)11-21-15-3-8-19(23)18(10-15)20(24)25/h3-12,23H,1-2H3,(H,24,25). The number of carboxylic acid groups (broad SMARTS) is 1. The molecule has 0 aliphatic heterocycles. The highest BCUT2D eigenvalue weighted by Gasteiger charge is 2.09. The van der Waals surface area contributed by atoms with Gasteiger partial charge in [0.05, 0.1) is 12.8 Å². The maximum absolute atomic E-state index is 11.1. The number of ether oxygens (including phenoxy) is 1. The number of phenols is 1. The summed E-state index contributed by atoms with van der Waals surface area (Å²) in [4.78, 5) is 15.4. The van der Waals surface area contributed by atoms with Gasteiger partial charge in [0, 0.05) is 29.4 Å². The van der Waals surface area contributed by atoms with Gasteiger partial charge in [-0.25, -0.2) is 4.79 Å². The Kier molecular flexibility index (Phi) is 4.75. The molecule has 0 radical (unpaired) electrons. The second kappa shape index (κ2) is 7.14. The predicted molar refractivity (Wildman–Crippen MR) is 99.4 cm³/mol. The number of aryl methyl sites for hydroxylation is 1. The number of aliphatic imine (C=N–C) groups is 1. The molecule has 3 aromatic rings. The van der Waals surface area contributed by atoms with E-state index in [0.29, 0.717) is 5.69 Å². The van der Waals surface area contributed by atoms with Crippen LogP contribution in [-0.4, -0.2) is 34.1 Å². The number of rotatable bonds is 5. The number of hydrogen-bond donors (Lipinski definition) is 2. The van der Waals surface area contributed by atoms with Gasteiger partial charge in [-0.05, 0) is 55.5 Å². The molecular formula is C20H18N2O4. The minimum Gasteiger partial charge on any atom is -0.507 e. The van der Waals surface area contributed by atoms with Crippen molar-refractivity contribution in [3.63, 3.8) is 0 Å². The molecule has 132 valence electrons. The first-order valence-electron chi connectivity index (χ1n) is 7.92. The minimum absolute atomic E-state index is 0.174. The van der Waals surface area contributed by atoms with Crippen molar-refractivity contribution in [2.75, 3.05) is 7.11 Å². The third-order valence-corrected chi connectivity index (χ3v) is 3.96. The number of benzene rings is 2. The summed E-state index contributed by atoms with van der Waals surface area (Å²) in [5.74, 6) is -0.680. The summed E-state index contributed by atoms with van der Waals surface area (Å²) in [5, 5.41) is 18.6. The van der Waals surface area contributed by atoms with E-state index in [-0.39, 0.29) is 11.3 Å². The summed E-state index contributed by atoms with van der Waals surface area (Å²) >= 11 is 0. The molecular weight excluding hydrogens is 332 g/mol. The van der Waals surface area contributed by atoms with E-state index in [2.05, 4.69) is 4.99 Å². The molecule has 0 aliphatic carbocycles. The highest BCUT2D eigenvalue weighted by Crippen LogP contribution is 2.24. The zero-order valence-electron chi connectivity index (χ0n) is 14.4. The maximum Gasteiger partial charge on any atom is 0.339 e. The Hall–Kier alpha value is -3.54. The fourth-order valence-corrected chi connectivity index (χ4v) is 2.62. The Morgan fingerprint density at radius 1 is 1.15 bits per heavy atom. The molecule has 26 heavy (non-hydrogen) atoms. The van der Waals surface area contributed by atoms with Gasteiger partial charge in [-0.2, -0.15) is 0 Å². The largest absolute Gasteiger partial charge is 0.507 e. The molecule has 0 unspecified atom stereocenters. The van der Waals surface area contributed by atoms with E-state index in [4.69, 9.17) is 9.84 Å². The smallest absolute Gasteiger partial charge is 0.339 e. The maximum atomic E-state index is 11.1. The van der Waals surface area contributed by atoms with Crippen molar-refractivity contribution in [2.24, 2.45) is 4.99 Å². The third-order valence-electron chi connectivity index (χ3n) is 3.96. The number of carbonyl (C=O) groups is 1. The van der Waals surface area contributed by atoms with Crippen molar-refractivity contribution in [2.45, 2.75) is 6.92 Å². The second-order valence-corrected chi connectivity index (χ2v) is 5.75. The van der Waals surface area contributed by atoms with E-state index in [0.717, 1.165) is 22.7 Å². The number of nitrogens with zero attached hydrogens (tertiary/aromatic N) is 2. The van der Waals surface area contributed by atoms with Crippen LogP contribution in [0.5, 0.6) is 11.5 Å². The lowest BCUT2D eigenvalue weighted by atomic mass is 10.2. The fraction of sp³-hybridized carbons (Fsp3) is 0.100. The van der Waals surface area contributed by atoms with Crippen molar-refractivity contribution in [1.82, 2.24) is 4.57 Å². The number of aromatic nitrogens is 1. The molecule has 3 rings (SSSR count). The van der Waals surface area contributed by atoms with Crippen LogP contribution in [0.2, 0.25) is 0 Å². The molecule has 0 saturated carbocycles. The van der Waals surface area contributed by atoms with Crippen LogP contribution in [0.1, 0.15) is 21.6 Å². The SMILES string of the molecule is COc1ccc(-n2cc(C=Nc3ccc(O)c(C(=O)O)c3)cc2C)cc1. The summed E-state index contributed by atoms with van der Waals surface area (Å²) in [6.45, 7) is 1.99. The Morgan fingerprint density at radius 3 is 2.54 bits per heavy atom. The molecule has 6 nitrogen and oxygen atoms in total. The molecule has 0 spiro atoms. The monoisotopic (exact) mass is 350 g/mol. The molecule has 0 aliphatic rings. The zero-order chi connectivity index (χ0) is 18.7. The number of methoxy groups -OCH3 is 1. The topological polar surface area (TPSA) is 84.0 Å². The van der Waals surface area contributed by atoms with Gasteiger partial charge in [-0.15, -0.1) is 0 Å². The Morgan fingerprint density at radius 2 is 1.88 bits per heavy atom. The van der Waals surface area contributed by atoms with Crippen LogP contribution in [0.3, 0.4) is 0 Å². The normalized spacial score (nSPS) is 11.0. The van der Waals surface area contributed by atoms with Gasteiger partial charge in [0.1, 0.15) is 17.1 Å². The van der Waals surface area contributed by atoms with Crippen LogP contribution in [0.25, 0.3) is 5.69 Å². The lowest BCUT2D eigenvalue weighted by Crippen LogP contribution is -1.95. The summed E-state index contributed by atoms with van der Waals surface area (Å²) in [6, 6.07) is 13.9. The lowest BCUT2D eigenvalue weighted by Gasteiger charge is -2.06. The quantitative estimate of drug-likeness (QED) is 0.683. The van der Waals surface area contributed by atoms with Crippen LogP contribution in [0.15, 0.2) is 59.7 Å². The van der Waals surface area contributed by atoms with Gasteiger partial charge >= 0.3 is 5.97 Å². The van der Waals surface area contributed by atoms with Gasteiger partial charge < -0.3 is 19.5 Å². The van der Waals surface area contributed by atoms with Crippen LogP contribution >= 0.6 is 0 Å². The van der Waals surface area contributed by atoms with Crippen molar-refractivity contribution < 1.29 is 19.7 Å². The lowest BCUT2D eigenvalue weighted by molar-refractivity contribution is 0.0694. The first-order chi connectivity index (χ1) is 12.5. The predicted octanol–water partition coefficient (Wildman–Crippen LogP) is 3.95. The molecule has 1 aromatic heterocycles. The van der Waals surface area contributed by atoms with Gasteiger partial charge in [-0.1, -0.05) is 0 Å². The molecule has 0 amide bonds. The number of aromatic carboxylic acids is 1. The van der Waals surface area contributed by atoms with Gasteiger partial charge in [-0.3, -0.25) is 4.99 Å². The van der Waals surface area contributed by atoms with Crippen LogP contribution < -0.4 is 4.74 Å². The van der Waals surface area contributed by atoms with E-state index in [9.17, 15) is 9.90 Å². The summed E-state index contributed by atoms with van der Waals surface area (Å²) in [5.41, 5.74) is 3.19. The van der Waals surface area contributed by atoms with E-state index < -0.39 is 5.97 Å². The van der Waals surface area contributed by atoms with Gasteiger partial charge in [0.25, 0.3) is 0 Å². The molecule has 0 bridgehead atoms. The van der Waals surface area contributed by atoms with Gasteiger partial charge in [0.2, 0.25) is 0 Å². The average molecular weight is 350 g/mol. The Balaban J connectivity index is 1.86. The van der Waals surface area contributed by atoms with E-state index in [1.165, 1.54) is 12.1 Å². The second-order valence-electron chi connectivity index (χ2n) is 5.75. The molecule has 2 aromatic carbocycles. The van der Waals surface area contributed by atoms with Crippen LogP contribution in [-0.2, 0) is 0 Å². The Bertz CT molecular complexity index is 972. The Labute approximate surface area is 150 Å². The number of hydrogen-bond acceptors (Lipinski definition) is 4. The van der Waals surface area contributed by atoms with E-state index in [1.54, 1.807) is 19.4 Å². The molecule has 0 saturated heterocycles. The average Bonchev–Trinajstić information content (AvgIpc) is 3.01. The first-order valence-corrected chi connectivity index (χ1v) is 7.92. The number of aromatic hydroxyl groups is 1. The van der Waals surface area contributed by atoms with Crippen molar-refractivity contribution in [3.8, 4) is 17.2 Å². The summed E-state index contributed by atoms with van der Waals surface area (Å²) < 4.78 is 7.20. The number of carboxylic acids is 1. The first kappa shape index (κ1) is 17.3. The van der Waals surface area contributed by atoms with Crippen molar-refractivity contribution in [1.29, 1.82) is 0 Å². The van der Waals surface area contributed by atoms with Crippen molar-refractivity contribution in [3.05, 3.63) is 71.5 Å². The third kappa shape index (κ3) is 3.59. The van der Waals surface area contributed by atoms with Crippen LogP contribution in [0.4, 0.5) is 5.69 Å². The minimum atomic E-state index is -1.19.